The zero-order valence-corrected chi connectivity index (χ0v) is 21.5. The Morgan fingerprint density at radius 2 is 1.69 bits per heavy atom. The summed E-state index contributed by atoms with van der Waals surface area (Å²) in [6.07, 6.45) is -3.41. The minimum Gasteiger partial charge on any atom is -0.291 e. The van der Waals surface area contributed by atoms with Crippen molar-refractivity contribution in [2.24, 2.45) is 0 Å². The fourth-order valence-corrected chi connectivity index (χ4v) is 5.33. The molecule has 0 fully saturated rings. The lowest BCUT2D eigenvalue weighted by Gasteiger charge is -2.21. The Hall–Kier alpha value is -2.26. The third-order valence-electron chi connectivity index (χ3n) is 5.56. The number of rotatable bonds is 6. The molecule has 0 radical (unpaired) electrons. The smallest absolute Gasteiger partial charge is 0.291 e. The second-order valence-corrected chi connectivity index (χ2v) is 10.0. The predicted octanol–water partition coefficient (Wildman–Crippen LogP) is 9.57. The van der Waals surface area contributed by atoms with Crippen molar-refractivity contribution in [1.29, 1.82) is 0 Å². The van der Waals surface area contributed by atoms with Gasteiger partial charge in [-0.1, -0.05) is 65.6 Å². The molecule has 4 rings (SSSR count). The van der Waals surface area contributed by atoms with Crippen LogP contribution in [0.3, 0.4) is 0 Å². The van der Waals surface area contributed by atoms with E-state index < -0.39 is 29.3 Å². The van der Waals surface area contributed by atoms with Crippen LogP contribution in [0.2, 0.25) is 15.1 Å². The summed E-state index contributed by atoms with van der Waals surface area (Å²) in [6, 6.07) is 11.6. The van der Waals surface area contributed by atoms with E-state index in [1.165, 1.54) is 29.0 Å². The molecule has 0 bridgehead atoms. The summed E-state index contributed by atoms with van der Waals surface area (Å²) < 4.78 is 71.4. The Kier molecular flexibility index (Phi) is 7.90. The molecule has 36 heavy (non-hydrogen) atoms. The number of aromatic nitrogens is 2. The molecule has 1 heterocycles. The number of nitrogens with zero attached hydrogens (tertiary/aromatic N) is 2. The van der Waals surface area contributed by atoms with Crippen molar-refractivity contribution in [3.63, 3.8) is 0 Å². The van der Waals surface area contributed by atoms with E-state index >= 15 is 0 Å². The Morgan fingerprint density at radius 3 is 2.36 bits per heavy atom. The van der Waals surface area contributed by atoms with E-state index in [2.05, 4.69) is 4.98 Å². The number of alkyl halides is 3. The van der Waals surface area contributed by atoms with E-state index in [1.807, 2.05) is 0 Å². The van der Waals surface area contributed by atoms with Gasteiger partial charge in [-0.25, -0.2) is 13.8 Å². The molecule has 0 N–H and O–H groups in total. The molecule has 0 saturated carbocycles. The maximum atomic E-state index is 14.3. The average Bonchev–Trinajstić information content (AvgIpc) is 3.23. The lowest BCUT2D eigenvalue weighted by atomic mass is 9.97. The van der Waals surface area contributed by atoms with Gasteiger partial charge in [0.05, 0.1) is 33.2 Å². The van der Waals surface area contributed by atoms with Crippen LogP contribution in [-0.2, 0) is 11.9 Å². The summed E-state index contributed by atoms with van der Waals surface area (Å²) in [6.45, 7) is 1.77. The lowest BCUT2D eigenvalue weighted by molar-refractivity contribution is -0.137. The SMILES string of the molecule is CC(c1ccc(Cl)c(Cl)c1)c1cnc(SCc2c(F)cccc2Cl)n1-c1ccc(F)cc1C(F)(F)F. The second-order valence-electron chi connectivity index (χ2n) is 7.84. The van der Waals surface area contributed by atoms with Gasteiger partial charge in [-0.2, -0.15) is 13.2 Å². The number of benzene rings is 3. The highest BCUT2D eigenvalue weighted by atomic mass is 35.5. The Bertz CT molecular complexity index is 1400. The van der Waals surface area contributed by atoms with Gasteiger partial charge in [0.25, 0.3) is 0 Å². The highest BCUT2D eigenvalue weighted by Gasteiger charge is 2.36. The number of imidazole rings is 1. The Balaban J connectivity index is 1.86. The third kappa shape index (κ3) is 5.52. The topological polar surface area (TPSA) is 17.8 Å². The largest absolute Gasteiger partial charge is 0.418 e. The van der Waals surface area contributed by atoms with Gasteiger partial charge in [-0.15, -0.1) is 0 Å². The van der Waals surface area contributed by atoms with Crippen molar-refractivity contribution in [3.05, 3.63) is 110 Å². The predicted molar refractivity (Wildman–Crippen MR) is 133 cm³/mol. The number of hydrogen-bond acceptors (Lipinski definition) is 2. The molecule has 1 atom stereocenters. The third-order valence-corrected chi connectivity index (χ3v) is 7.63. The lowest BCUT2D eigenvalue weighted by Crippen LogP contribution is -2.14. The van der Waals surface area contributed by atoms with Crippen LogP contribution in [0.25, 0.3) is 5.69 Å². The molecule has 4 aromatic rings. The van der Waals surface area contributed by atoms with E-state index in [1.54, 1.807) is 25.1 Å². The minimum atomic E-state index is -4.84. The van der Waals surface area contributed by atoms with Crippen LogP contribution in [0.1, 0.15) is 35.2 Å². The first-order valence-electron chi connectivity index (χ1n) is 10.4. The van der Waals surface area contributed by atoms with Gasteiger partial charge in [0, 0.05) is 22.3 Å². The zero-order valence-electron chi connectivity index (χ0n) is 18.4. The standard InChI is InChI=1S/C25H16Cl3F5N2S/c1-13(14-5-7-19(27)20(28)9-14)23-11-34-24(36-12-16-18(26)3-2-4-21(16)30)35(23)22-8-6-15(29)10-17(22)25(31,32)33/h2-11,13H,12H2,1H3. The van der Waals surface area contributed by atoms with Gasteiger partial charge in [-0.3, -0.25) is 4.57 Å². The molecule has 0 aliphatic heterocycles. The van der Waals surface area contributed by atoms with Crippen LogP contribution in [-0.4, -0.2) is 9.55 Å². The normalized spacial score (nSPS) is 12.7. The van der Waals surface area contributed by atoms with E-state index in [-0.39, 0.29) is 32.2 Å². The van der Waals surface area contributed by atoms with Gasteiger partial charge < -0.3 is 0 Å². The summed E-state index contributed by atoms with van der Waals surface area (Å²) in [4.78, 5) is 4.34. The summed E-state index contributed by atoms with van der Waals surface area (Å²) in [7, 11) is 0. The van der Waals surface area contributed by atoms with E-state index in [0.717, 1.165) is 23.9 Å². The van der Waals surface area contributed by atoms with Crippen molar-refractivity contribution < 1.29 is 22.0 Å². The van der Waals surface area contributed by atoms with Crippen LogP contribution in [0.4, 0.5) is 22.0 Å². The molecular weight excluding hydrogens is 562 g/mol. The molecule has 2 nitrogen and oxygen atoms in total. The molecule has 188 valence electrons. The van der Waals surface area contributed by atoms with Gasteiger partial charge >= 0.3 is 6.18 Å². The Labute approximate surface area is 223 Å². The highest BCUT2D eigenvalue weighted by molar-refractivity contribution is 7.98. The van der Waals surface area contributed by atoms with Gasteiger partial charge in [0.1, 0.15) is 11.6 Å². The number of thioether (sulfide) groups is 1. The Morgan fingerprint density at radius 1 is 0.944 bits per heavy atom. The molecule has 11 heteroatoms. The van der Waals surface area contributed by atoms with Crippen molar-refractivity contribution in [1.82, 2.24) is 9.55 Å². The first-order valence-corrected chi connectivity index (χ1v) is 12.5. The van der Waals surface area contributed by atoms with Crippen molar-refractivity contribution in [2.75, 3.05) is 0 Å². The van der Waals surface area contributed by atoms with Crippen LogP contribution < -0.4 is 0 Å². The van der Waals surface area contributed by atoms with Crippen molar-refractivity contribution >= 4 is 46.6 Å². The van der Waals surface area contributed by atoms with E-state index in [4.69, 9.17) is 34.8 Å². The zero-order chi connectivity index (χ0) is 26.2. The van der Waals surface area contributed by atoms with Crippen LogP contribution in [0.5, 0.6) is 0 Å². The van der Waals surface area contributed by atoms with Crippen LogP contribution in [0, 0.1) is 11.6 Å². The molecule has 0 spiro atoms. The molecule has 0 amide bonds. The quantitative estimate of drug-likeness (QED) is 0.168. The first-order chi connectivity index (χ1) is 17.0. The highest BCUT2D eigenvalue weighted by Crippen LogP contribution is 2.40. The van der Waals surface area contributed by atoms with E-state index in [9.17, 15) is 22.0 Å². The fourth-order valence-electron chi connectivity index (χ4n) is 3.69. The van der Waals surface area contributed by atoms with Crippen molar-refractivity contribution in [2.45, 2.75) is 29.9 Å². The minimum absolute atomic E-state index is 0.00561. The molecule has 0 aliphatic rings. The molecule has 3 aromatic carbocycles. The monoisotopic (exact) mass is 576 g/mol. The first kappa shape index (κ1) is 26.8. The van der Waals surface area contributed by atoms with Crippen LogP contribution in [0.15, 0.2) is 66.0 Å². The van der Waals surface area contributed by atoms with Crippen LogP contribution >= 0.6 is 46.6 Å². The molecule has 1 aromatic heterocycles. The van der Waals surface area contributed by atoms with Crippen molar-refractivity contribution in [3.8, 4) is 5.69 Å². The van der Waals surface area contributed by atoms with Gasteiger partial charge in [0.15, 0.2) is 5.16 Å². The molecule has 0 aliphatic carbocycles. The molecular formula is C25H16Cl3F5N2S. The second kappa shape index (κ2) is 10.6. The van der Waals surface area contributed by atoms with Gasteiger partial charge in [0.2, 0.25) is 0 Å². The summed E-state index contributed by atoms with van der Waals surface area (Å²) in [5, 5.41) is 0.946. The summed E-state index contributed by atoms with van der Waals surface area (Å²) in [5.74, 6) is -2.05. The van der Waals surface area contributed by atoms with Gasteiger partial charge in [-0.05, 0) is 48.0 Å². The average molecular weight is 578 g/mol. The summed E-state index contributed by atoms with van der Waals surface area (Å²) in [5.41, 5.74) is -0.241. The van der Waals surface area contributed by atoms with E-state index in [0.29, 0.717) is 22.3 Å². The number of hydrogen-bond donors (Lipinski definition) is 0. The maximum absolute atomic E-state index is 14.3. The molecule has 0 saturated heterocycles. The maximum Gasteiger partial charge on any atom is 0.418 e. The number of halogens is 8. The molecule has 1 unspecified atom stereocenters. The summed E-state index contributed by atoms with van der Waals surface area (Å²) >= 11 is 19.3. The fraction of sp³-hybridized carbons (Fsp3) is 0.160.